The fraction of sp³-hybridized carbons (Fsp3) is 0.750. The van der Waals surface area contributed by atoms with Crippen LogP contribution < -0.4 is 10.6 Å². The summed E-state index contributed by atoms with van der Waals surface area (Å²) >= 11 is 0. The molecule has 0 spiro atoms. The van der Waals surface area contributed by atoms with Crippen LogP contribution in [0.25, 0.3) is 0 Å². The van der Waals surface area contributed by atoms with E-state index >= 15 is 0 Å². The highest BCUT2D eigenvalue weighted by Crippen LogP contribution is 2.39. The van der Waals surface area contributed by atoms with Crippen molar-refractivity contribution in [3.8, 4) is 0 Å². The Balaban J connectivity index is 1.95. The maximum atomic E-state index is 6.12. The van der Waals surface area contributed by atoms with Crippen molar-refractivity contribution >= 4 is 11.6 Å². The fourth-order valence-corrected chi connectivity index (χ4v) is 3.90. The molecule has 110 valence electrons. The third-order valence-electron chi connectivity index (χ3n) is 4.94. The first kappa shape index (κ1) is 13.7. The van der Waals surface area contributed by atoms with Crippen LogP contribution in [0.5, 0.6) is 0 Å². The third kappa shape index (κ3) is 2.36. The number of hydrogen-bond acceptors (Lipinski definition) is 4. The summed E-state index contributed by atoms with van der Waals surface area (Å²) in [6.07, 6.45) is 8.73. The van der Waals surface area contributed by atoms with Gasteiger partial charge in [0, 0.05) is 24.6 Å². The molecule has 20 heavy (non-hydrogen) atoms. The minimum atomic E-state index is 0.665. The van der Waals surface area contributed by atoms with Crippen molar-refractivity contribution < 1.29 is 0 Å². The van der Waals surface area contributed by atoms with Crippen LogP contribution >= 0.6 is 0 Å². The summed E-state index contributed by atoms with van der Waals surface area (Å²) < 4.78 is 0. The largest absolute Gasteiger partial charge is 0.383 e. The van der Waals surface area contributed by atoms with Crippen molar-refractivity contribution in [3.05, 3.63) is 11.4 Å². The number of fused-ring (bicyclic) bond motifs is 1. The molecule has 0 aromatic carbocycles. The van der Waals surface area contributed by atoms with E-state index in [0.717, 1.165) is 42.5 Å². The van der Waals surface area contributed by atoms with E-state index in [1.165, 1.54) is 32.1 Å². The van der Waals surface area contributed by atoms with Gasteiger partial charge in [-0.05, 0) is 44.9 Å². The van der Waals surface area contributed by atoms with E-state index in [-0.39, 0.29) is 0 Å². The number of nitrogens with zero attached hydrogens (tertiary/aromatic N) is 3. The number of rotatable bonds is 3. The average molecular weight is 274 g/mol. The highest BCUT2D eigenvalue weighted by Gasteiger charge is 2.36. The van der Waals surface area contributed by atoms with Gasteiger partial charge in [-0.25, -0.2) is 9.97 Å². The van der Waals surface area contributed by atoms with Gasteiger partial charge in [0.25, 0.3) is 0 Å². The van der Waals surface area contributed by atoms with Gasteiger partial charge in [0.2, 0.25) is 0 Å². The van der Waals surface area contributed by atoms with E-state index in [1.807, 2.05) is 0 Å². The number of anilines is 2. The molecule has 2 aliphatic rings. The molecule has 1 saturated carbocycles. The molecule has 1 saturated heterocycles. The zero-order chi connectivity index (χ0) is 14.1. The van der Waals surface area contributed by atoms with Crippen LogP contribution in [0.2, 0.25) is 0 Å². The molecule has 0 amide bonds. The van der Waals surface area contributed by atoms with E-state index in [0.29, 0.717) is 11.9 Å². The fourth-order valence-electron chi connectivity index (χ4n) is 3.90. The van der Waals surface area contributed by atoms with E-state index in [1.54, 1.807) is 0 Å². The Morgan fingerprint density at radius 1 is 1.20 bits per heavy atom. The van der Waals surface area contributed by atoms with Crippen molar-refractivity contribution in [3.63, 3.8) is 0 Å². The Bertz CT molecular complexity index is 486. The van der Waals surface area contributed by atoms with Crippen LogP contribution in [-0.4, -0.2) is 22.6 Å². The maximum absolute atomic E-state index is 6.12. The first-order valence-corrected chi connectivity index (χ1v) is 8.10. The summed E-state index contributed by atoms with van der Waals surface area (Å²) in [5.41, 5.74) is 7.18. The van der Waals surface area contributed by atoms with Gasteiger partial charge in [0.05, 0.1) is 0 Å². The van der Waals surface area contributed by atoms with Crippen molar-refractivity contribution in [2.24, 2.45) is 5.92 Å². The summed E-state index contributed by atoms with van der Waals surface area (Å²) in [6, 6.07) is 0.686. The Hall–Kier alpha value is -1.32. The third-order valence-corrected chi connectivity index (χ3v) is 4.94. The van der Waals surface area contributed by atoms with Crippen LogP contribution in [0.4, 0.5) is 11.6 Å². The molecule has 0 radical (unpaired) electrons. The second-order valence-electron chi connectivity index (χ2n) is 6.32. The lowest BCUT2D eigenvalue weighted by atomic mass is 9.91. The quantitative estimate of drug-likeness (QED) is 0.920. The van der Waals surface area contributed by atoms with Crippen LogP contribution in [0.1, 0.15) is 56.8 Å². The number of hydrogen-bond donors (Lipinski definition) is 1. The summed E-state index contributed by atoms with van der Waals surface area (Å²) in [4.78, 5) is 11.8. The molecule has 4 heteroatoms. The second-order valence-corrected chi connectivity index (χ2v) is 6.32. The van der Waals surface area contributed by atoms with E-state index < -0.39 is 0 Å². The minimum absolute atomic E-state index is 0.665. The topological polar surface area (TPSA) is 55.0 Å². The molecule has 1 aliphatic heterocycles. The monoisotopic (exact) mass is 274 g/mol. The van der Waals surface area contributed by atoms with Gasteiger partial charge in [-0.15, -0.1) is 0 Å². The zero-order valence-corrected chi connectivity index (χ0v) is 12.7. The van der Waals surface area contributed by atoms with E-state index in [2.05, 4.69) is 23.7 Å². The molecule has 2 N–H and O–H groups in total. The smallest absolute Gasteiger partial charge is 0.137 e. The predicted octanol–water partition coefficient (Wildman–Crippen LogP) is 3.09. The molecule has 1 aromatic rings. The molecule has 2 atom stereocenters. The van der Waals surface area contributed by atoms with Crippen molar-refractivity contribution in [2.45, 2.75) is 64.8 Å². The lowest BCUT2D eigenvalue weighted by Gasteiger charge is -2.39. The van der Waals surface area contributed by atoms with Crippen LogP contribution in [0.15, 0.2) is 0 Å². The molecule has 4 nitrogen and oxygen atoms in total. The first-order valence-electron chi connectivity index (χ1n) is 8.10. The minimum Gasteiger partial charge on any atom is -0.383 e. The Morgan fingerprint density at radius 3 is 2.80 bits per heavy atom. The highest BCUT2D eigenvalue weighted by molar-refractivity contribution is 5.57. The molecule has 1 aliphatic carbocycles. The van der Waals surface area contributed by atoms with Gasteiger partial charge in [-0.3, -0.25) is 0 Å². The Labute approximate surface area is 121 Å². The molecule has 1 aromatic heterocycles. The summed E-state index contributed by atoms with van der Waals surface area (Å²) in [7, 11) is 0. The Morgan fingerprint density at radius 2 is 2.00 bits per heavy atom. The molecular formula is C16H26N4. The van der Waals surface area contributed by atoms with E-state index in [4.69, 9.17) is 10.7 Å². The number of nitrogens with two attached hydrogens (primary N) is 1. The van der Waals surface area contributed by atoms with Crippen molar-refractivity contribution in [1.82, 2.24) is 9.97 Å². The lowest BCUT2D eigenvalue weighted by molar-refractivity contribution is 0.360. The molecule has 3 rings (SSSR count). The highest BCUT2D eigenvalue weighted by atomic mass is 15.2. The molecule has 0 bridgehead atoms. The number of aromatic nitrogens is 2. The first-order chi connectivity index (χ1) is 9.70. The molecule has 2 fully saturated rings. The van der Waals surface area contributed by atoms with Crippen LogP contribution in [-0.2, 0) is 6.42 Å². The zero-order valence-electron chi connectivity index (χ0n) is 12.7. The standard InChI is InChI=1S/C16H26N4/c1-3-6-14-18-15(17)11(2)16(19-14)20-10-5-8-12-7-4-9-13(12)20/h12-13H,3-10H2,1-2H3,(H2,17,18,19). The Kier molecular flexibility index (Phi) is 3.81. The van der Waals surface area contributed by atoms with Gasteiger partial charge in [-0.2, -0.15) is 0 Å². The number of nitrogen functional groups attached to an aromatic ring is 1. The van der Waals surface area contributed by atoms with Gasteiger partial charge >= 0.3 is 0 Å². The van der Waals surface area contributed by atoms with Crippen molar-refractivity contribution in [1.29, 1.82) is 0 Å². The van der Waals surface area contributed by atoms with E-state index in [9.17, 15) is 0 Å². The summed E-state index contributed by atoms with van der Waals surface area (Å²) in [5, 5.41) is 0. The van der Waals surface area contributed by atoms with Gasteiger partial charge < -0.3 is 10.6 Å². The lowest BCUT2D eigenvalue weighted by Crippen LogP contribution is -2.43. The normalized spacial score (nSPS) is 25.8. The van der Waals surface area contributed by atoms with Crippen LogP contribution in [0, 0.1) is 12.8 Å². The number of piperidine rings is 1. The van der Waals surface area contributed by atoms with Gasteiger partial charge in [-0.1, -0.05) is 13.3 Å². The van der Waals surface area contributed by atoms with Gasteiger partial charge in [0.15, 0.2) is 0 Å². The number of aryl methyl sites for hydroxylation is 1. The predicted molar refractivity (Wildman–Crippen MR) is 82.9 cm³/mol. The molecule has 2 unspecified atom stereocenters. The molecular weight excluding hydrogens is 248 g/mol. The average Bonchev–Trinajstić information content (AvgIpc) is 2.91. The van der Waals surface area contributed by atoms with Crippen molar-refractivity contribution in [2.75, 3.05) is 17.2 Å². The summed E-state index contributed by atoms with van der Waals surface area (Å²) in [6.45, 7) is 5.36. The maximum Gasteiger partial charge on any atom is 0.137 e. The van der Waals surface area contributed by atoms with Gasteiger partial charge in [0.1, 0.15) is 17.5 Å². The molecule has 2 heterocycles. The second kappa shape index (κ2) is 5.58. The SMILES string of the molecule is CCCc1nc(N)c(C)c(N2CCCC3CCCC32)n1. The van der Waals surface area contributed by atoms with Crippen LogP contribution in [0.3, 0.4) is 0 Å². The summed E-state index contributed by atoms with van der Waals surface area (Å²) in [5.74, 6) is 3.55.